The van der Waals surface area contributed by atoms with Crippen LogP contribution in [0.1, 0.15) is 42.6 Å². The highest BCUT2D eigenvalue weighted by molar-refractivity contribution is 5.94. The number of rotatable bonds is 7. The number of nitrogens with zero attached hydrogens (tertiary/aromatic N) is 1. The predicted octanol–water partition coefficient (Wildman–Crippen LogP) is 3.82. The van der Waals surface area contributed by atoms with E-state index in [-0.39, 0.29) is 36.0 Å². The van der Waals surface area contributed by atoms with Gasteiger partial charge in [-0.25, -0.2) is 4.39 Å². The Bertz CT molecular complexity index is 867. The first-order valence-electron chi connectivity index (χ1n) is 10.5. The predicted molar refractivity (Wildman–Crippen MR) is 114 cm³/mol. The van der Waals surface area contributed by atoms with Crippen LogP contribution in [0.3, 0.4) is 0 Å². The number of halogens is 1. The first kappa shape index (κ1) is 21.8. The summed E-state index contributed by atoms with van der Waals surface area (Å²) in [5.41, 5.74) is 1.29. The minimum atomic E-state index is -0.321. The zero-order chi connectivity index (χ0) is 21.5. The van der Waals surface area contributed by atoms with Gasteiger partial charge in [-0.3, -0.25) is 9.59 Å². The van der Waals surface area contributed by atoms with Crippen LogP contribution in [0.25, 0.3) is 0 Å². The van der Waals surface area contributed by atoms with Crippen LogP contribution in [-0.4, -0.2) is 42.5 Å². The maximum absolute atomic E-state index is 13.3. The maximum atomic E-state index is 13.3. The summed E-state index contributed by atoms with van der Waals surface area (Å²) < 4.78 is 19.2. The molecule has 0 spiro atoms. The van der Waals surface area contributed by atoms with Gasteiger partial charge in [-0.2, -0.15) is 0 Å². The summed E-state index contributed by atoms with van der Waals surface area (Å²) in [7, 11) is 0. The minimum absolute atomic E-state index is 0.0193. The van der Waals surface area contributed by atoms with Crippen molar-refractivity contribution in [3.63, 3.8) is 0 Å². The van der Waals surface area contributed by atoms with E-state index in [2.05, 4.69) is 5.32 Å². The maximum Gasteiger partial charge on any atom is 0.251 e. The number of hydrogen-bond acceptors (Lipinski definition) is 3. The summed E-state index contributed by atoms with van der Waals surface area (Å²) in [6.07, 6.45) is 2.14. The van der Waals surface area contributed by atoms with Crippen LogP contribution in [0.5, 0.6) is 5.75 Å². The lowest BCUT2D eigenvalue weighted by Crippen LogP contribution is -2.42. The van der Waals surface area contributed by atoms with E-state index in [1.807, 2.05) is 18.7 Å². The Morgan fingerprint density at radius 1 is 1.20 bits per heavy atom. The van der Waals surface area contributed by atoms with Crippen molar-refractivity contribution in [3.8, 4) is 5.75 Å². The number of carbonyl (C=O) groups excluding carboxylic acids is 2. The minimum Gasteiger partial charge on any atom is -0.493 e. The summed E-state index contributed by atoms with van der Waals surface area (Å²) in [5.74, 6) is 0.554. The second-order valence-corrected chi connectivity index (χ2v) is 8.12. The lowest BCUT2D eigenvalue weighted by Gasteiger charge is -2.32. The molecule has 1 N–H and O–H groups in total. The van der Waals surface area contributed by atoms with E-state index >= 15 is 0 Å². The van der Waals surface area contributed by atoms with Gasteiger partial charge >= 0.3 is 0 Å². The van der Waals surface area contributed by atoms with Crippen molar-refractivity contribution in [1.82, 2.24) is 10.2 Å². The molecule has 2 aromatic rings. The number of ether oxygens (including phenoxy) is 1. The van der Waals surface area contributed by atoms with E-state index < -0.39 is 0 Å². The zero-order valence-electron chi connectivity index (χ0n) is 17.6. The van der Waals surface area contributed by atoms with Crippen molar-refractivity contribution in [2.24, 2.45) is 5.92 Å². The molecular formula is C24H29FN2O3. The fourth-order valence-electron chi connectivity index (χ4n) is 3.62. The fraction of sp³-hybridized carbons (Fsp3) is 0.417. The van der Waals surface area contributed by atoms with Gasteiger partial charge in [-0.1, -0.05) is 12.1 Å². The van der Waals surface area contributed by atoms with Gasteiger partial charge in [0.2, 0.25) is 5.91 Å². The van der Waals surface area contributed by atoms with E-state index in [0.717, 1.165) is 19.4 Å². The summed E-state index contributed by atoms with van der Waals surface area (Å²) in [6.45, 7) is 5.73. The Labute approximate surface area is 177 Å². The van der Waals surface area contributed by atoms with Crippen molar-refractivity contribution in [3.05, 3.63) is 65.5 Å². The molecule has 160 valence electrons. The number of nitrogens with one attached hydrogen (secondary N) is 1. The molecule has 1 aliphatic heterocycles. The quantitative estimate of drug-likeness (QED) is 0.752. The molecule has 3 rings (SSSR count). The number of amides is 2. The molecular weight excluding hydrogens is 383 g/mol. The van der Waals surface area contributed by atoms with Gasteiger partial charge in [0.15, 0.2) is 0 Å². The molecule has 1 fully saturated rings. The van der Waals surface area contributed by atoms with Gasteiger partial charge in [-0.05, 0) is 68.7 Å². The van der Waals surface area contributed by atoms with Crippen LogP contribution in [-0.2, 0) is 11.2 Å². The topological polar surface area (TPSA) is 58.6 Å². The van der Waals surface area contributed by atoms with Gasteiger partial charge in [-0.15, -0.1) is 0 Å². The van der Waals surface area contributed by atoms with Crippen molar-refractivity contribution in [1.29, 1.82) is 0 Å². The van der Waals surface area contributed by atoms with Gasteiger partial charge in [0, 0.05) is 30.6 Å². The summed E-state index contributed by atoms with van der Waals surface area (Å²) in [6, 6.07) is 13.4. The van der Waals surface area contributed by atoms with E-state index in [0.29, 0.717) is 30.0 Å². The molecule has 2 amide bonds. The molecule has 6 heteroatoms. The Morgan fingerprint density at radius 2 is 1.97 bits per heavy atom. The van der Waals surface area contributed by atoms with Crippen molar-refractivity contribution in [2.75, 3.05) is 19.7 Å². The molecule has 1 aliphatic rings. The van der Waals surface area contributed by atoms with E-state index in [1.165, 1.54) is 12.1 Å². The Morgan fingerprint density at radius 3 is 2.67 bits per heavy atom. The Kier molecular flexibility index (Phi) is 7.44. The number of piperidine rings is 1. The average molecular weight is 413 g/mol. The molecule has 1 atom stereocenters. The summed E-state index contributed by atoms with van der Waals surface area (Å²) >= 11 is 0. The smallest absolute Gasteiger partial charge is 0.251 e. The molecule has 30 heavy (non-hydrogen) atoms. The number of benzene rings is 2. The fourth-order valence-corrected chi connectivity index (χ4v) is 3.62. The zero-order valence-corrected chi connectivity index (χ0v) is 17.6. The third kappa shape index (κ3) is 6.31. The third-order valence-electron chi connectivity index (χ3n) is 5.14. The molecule has 0 aliphatic carbocycles. The SMILES string of the molecule is CC(C)NC(=O)c1ccc(OC[C@H]2CCCN(C(=O)Cc3cccc(F)c3)C2)cc1. The number of carbonyl (C=O) groups is 2. The highest BCUT2D eigenvalue weighted by Gasteiger charge is 2.24. The number of likely N-dealkylation sites (tertiary alicyclic amines) is 1. The lowest BCUT2D eigenvalue weighted by molar-refractivity contribution is -0.132. The normalized spacial score (nSPS) is 16.4. The summed E-state index contributed by atoms with van der Waals surface area (Å²) in [4.78, 5) is 26.5. The molecule has 2 aromatic carbocycles. The molecule has 5 nitrogen and oxygen atoms in total. The standard InChI is InChI=1S/C24H29FN2O3/c1-17(2)26-24(29)20-8-10-22(11-9-20)30-16-19-6-4-12-27(15-19)23(28)14-18-5-3-7-21(25)13-18/h3,5,7-11,13,17,19H,4,6,12,14-16H2,1-2H3,(H,26,29)/t19-/m0/s1. The van der Waals surface area contributed by atoms with Gasteiger partial charge in [0.25, 0.3) is 5.91 Å². The number of hydrogen-bond donors (Lipinski definition) is 1. The van der Waals surface area contributed by atoms with E-state index in [4.69, 9.17) is 4.74 Å². The molecule has 0 radical (unpaired) electrons. The lowest BCUT2D eigenvalue weighted by atomic mass is 9.98. The molecule has 1 saturated heterocycles. The largest absolute Gasteiger partial charge is 0.493 e. The van der Waals surface area contributed by atoms with Crippen LogP contribution in [0, 0.1) is 11.7 Å². The second-order valence-electron chi connectivity index (χ2n) is 8.12. The first-order chi connectivity index (χ1) is 14.4. The van der Waals surface area contributed by atoms with Gasteiger partial charge in [0.05, 0.1) is 13.0 Å². The molecule has 0 saturated carbocycles. The molecule has 1 heterocycles. The highest BCUT2D eigenvalue weighted by Crippen LogP contribution is 2.20. The van der Waals surface area contributed by atoms with Crippen LogP contribution < -0.4 is 10.1 Å². The average Bonchev–Trinajstić information content (AvgIpc) is 2.72. The second kappa shape index (κ2) is 10.2. The van der Waals surface area contributed by atoms with Crippen molar-refractivity contribution >= 4 is 11.8 Å². The van der Waals surface area contributed by atoms with Crippen LogP contribution >= 0.6 is 0 Å². The molecule has 0 bridgehead atoms. The van der Waals surface area contributed by atoms with E-state index in [9.17, 15) is 14.0 Å². The molecule has 0 aromatic heterocycles. The van der Waals surface area contributed by atoms with E-state index in [1.54, 1.807) is 36.4 Å². The third-order valence-corrected chi connectivity index (χ3v) is 5.14. The van der Waals surface area contributed by atoms with Crippen molar-refractivity contribution < 1.29 is 18.7 Å². The van der Waals surface area contributed by atoms with Gasteiger partial charge < -0.3 is 15.0 Å². The Balaban J connectivity index is 1.49. The highest BCUT2D eigenvalue weighted by atomic mass is 19.1. The van der Waals surface area contributed by atoms with Crippen LogP contribution in [0.15, 0.2) is 48.5 Å². The van der Waals surface area contributed by atoms with Crippen LogP contribution in [0.2, 0.25) is 0 Å². The molecule has 0 unspecified atom stereocenters. The summed E-state index contributed by atoms with van der Waals surface area (Å²) in [5, 5.41) is 2.86. The van der Waals surface area contributed by atoms with Gasteiger partial charge in [0.1, 0.15) is 11.6 Å². The van der Waals surface area contributed by atoms with Crippen LogP contribution in [0.4, 0.5) is 4.39 Å². The monoisotopic (exact) mass is 412 g/mol. The van der Waals surface area contributed by atoms with Crippen molar-refractivity contribution in [2.45, 2.75) is 39.2 Å². The Hall–Kier alpha value is -2.89. The first-order valence-corrected chi connectivity index (χ1v) is 10.5.